The van der Waals surface area contributed by atoms with Gasteiger partial charge < -0.3 is 49.1 Å². The summed E-state index contributed by atoms with van der Waals surface area (Å²) in [6, 6.07) is -4.51. The summed E-state index contributed by atoms with van der Waals surface area (Å²) in [6.07, 6.45) is 4.03. The highest BCUT2D eigenvalue weighted by Crippen LogP contribution is 2.05. The minimum Gasteiger partial charge on any atom is -0.480 e. The van der Waals surface area contributed by atoms with Gasteiger partial charge in [-0.05, 0) is 57.1 Å². The minimum absolute atomic E-state index is 0.0652. The normalized spacial score (nSPS) is 14.2. The molecule has 0 saturated carbocycles. The van der Waals surface area contributed by atoms with E-state index in [1.165, 1.54) is 11.8 Å². The van der Waals surface area contributed by atoms with Crippen LogP contribution in [0.25, 0.3) is 0 Å². The molecule has 4 atom stereocenters. The highest BCUT2D eigenvalue weighted by molar-refractivity contribution is 7.98. The third kappa shape index (κ3) is 14.4. The lowest BCUT2D eigenvalue weighted by molar-refractivity contribution is -0.142. The van der Waals surface area contributed by atoms with Crippen LogP contribution in [0.1, 0.15) is 38.5 Å². The lowest BCUT2D eigenvalue weighted by Crippen LogP contribution is -2.58. The first kappa shape index (κ1) is 32.4. The molecule has 3 amide bonds. The molecule has 14 nitrogen and oxygen atoms in total. The molecule has 0 bridgehead atoms. The van der Waals surface area contributed by atoms with E-state index in [0.717, 1.165) is 0 Å². The third-order valence-corrected chi connectivity index (χ3v) is 5.57. The van der Waals surface area contributed by atoms with Crippen molar-refractivity contribution in [3.8, 4) is 0 Å². The van der Waals surface area contributed by atoms with Crippen molar-refractivity contribution in [2.75, 3.05) is 31.7 Å². The molecule has 0 radical (unpaired) electrons. The fraction of sp³-hybridized carbons (Fsp3) is 0.750. The predicted molar refractivity (Wildman–Crippen MR) is 134 cm³/mol. The SMILES string of the molecule is CSCCC(NC(=O)C(N)CCCN=C(N)N)C(=O)NC(CO)C(=O)NC(CCCCN)C(=O)O. The Bertz CT molecular complexity index is 707. The van der Waals surface area contributed by atoms with Crippen LogP contribution in [-0.2, 0) is 19.2 Å². The predicted octanol–water partition coefficient (Wildman–Crippen LogP) is -3.22. The van der Waals surface area contributed by atoms with Crippen LogP contribution in [0.3, 0.4) is 0 Å². The molecule has 202 valence electrons. The molecular formula is C20H40N8O6S. The fourth-order valence-electron chi connectivity index (χ4n) is 2.92. The first-order chi connectivity index (χ1) is 16.6. The van der Waals surface area contributed by atoms with Crippen molar-refractivity contribution in [2.45, 2.75) is 62.7 Å². The lowest BCUT2D eigenvalue weighted by atomic mass is 10.1. The van der Waals surface area contributed by atoms with Gasteiger partial charge in [0, 0.05) is 6.54 Å². The molecule has 0 aliphatic heterocycles. The summed E-state index contributed by atoms with van der Waals surface area (Å²) < 4.78 is 0. The van der Waals surface area contributed by atoms with Gasteiger partial charge >= 0.3 is 5.97 Å². The van der Waals surface area contributed by atoms with Gasteiger partial charge in [0.05, 0.1) is 12.6 Å². The summed E-state index contributed by atoms with van der Waals surface area (Å²) in [5, 5.41) is 26.2. The number of hydrogen-bond donors (Lipinski definition) is 9. The van der Waals surface area contributed by atoms with Crippen LogP contribution < -0.4 is 38.9 Å². The Hall–Kier alpha value is -2.62. The van der Waals surface area contributed by atoms with Gasteiger partial charge in [-0.1, -0.05) is 0 Å². The van der Waals surface area contributed by atoms with Crippen LogP contribution in [0.2, 0.25) is 0 Å². The van der Waals surface area contributed by atoms with Gasteiger partial charge in [0.1, 0.15) is 18.1 Å². The summed E-state index contributed by atoms with van der Waals surface area (Å²) in [6.45, 7) is -0.0740. The van der Waals surface area contributed by atoms with Crippen LogP contribution in [0.15, 0.2) is 4.99 Å². The quantitative estimate of drug-likeness (QED) is 0.0464. The van der Waals surface area contributed by atoms with Gasteiger partial charge in [0.15, 0.2) is 5.96 Å². The van der Waals surface area contributed by atoms with Crippen LogP contribution in [0.5, 0.6) is 0 Å². The van der Waals surface area contributed by atoms with Gasteiger partial charge in [-0.25, -0.2) is 4.79 Å². The topological polar surface area (TPSA) is 261 Å². The van der Waals surface area contributed by atoms with E-state index in [4.69, 9.17) is 22.9 Å². The minimum atomic E-state index is -1.40. The number of carbonyl (C=O) groups is 4. The Kier molecular flexibility index (Phi) is 17.3. The third-order valence-electron chi connectivity index (χ3n) is 4.93. The number of amides is 3. The van der Waals surface area contributed by atoms with Gasteiger partial charge in [-0.2, -0.15) is 11.8 Å². The van der Waals surface area contributed by atoms with Crippen molar-refractivity contribution in [3.05, 3.63) is 0 Å². The molecule has 0 aromatic carbocycles. The van der Waals surface area contributed by atoms with Crippen molar-refractivity contribution in [1.82, 2.24) is 16.0 Å². The number of carboxylic acids is 1. The number of aliphatic hydroxyl groups is 1. The maximum absolute atomic E-state index is 12.8. The monoisotopic (exact) mass is 520 g/mol. The van der Waals surface area contributed by atoms with E-state index in [0.29, 0.717) is 38.1 Å². The number of rotatable bonds is 19. The molecule has 0 aromatic heterocycles. The maximum atomic E-state index is 12.8. The zero-order valence-corrected chi connectivity index (χ0v) is 20.9. The van der Waals surface area contributed by atoms with E-state index < -0.39 is 54.5 Å². The Morgan fingerprint density at radius 2 is 1.49 bits per heavy atom. The number of guanidine groups is 1. The number of nitrogens with one attached hydrogen (secondary N) is 3. The van der Waals surface area contributed by atoms with Crippen molar-refractivity contribution in [3.63, 3.8) is 0 Å². The molecule has 0 heterocycles. The van der Waals surface area contributed by atoms with Gasteiger partial charge in [-0.3, -0.25) is 19.4 Å². The van der Waals surface area contributed by atoms with Gasteiger partial charge in [0.25, 0.3) is 0 Å². The summed E-state index contributed by atoms with van der Waals surface area (Å²) in [7, 11) is 0. The summed E-state index contributed by atoms with van der Waals surface area (Å²) in [5.41, 5.74) is 21.8. The number of hydrogen-bond acceptors (Lipinski definition) is 9. The highest BCUT2D eigenvalue weighted by atomic mass is 32.2. The summed E-state index contributed by atoms with van der Waals surface area (Å²) in [4.78, 5) is 53.0. The molecule has 0 aromatic rings. The van der Waals surface area contributed by atoms with Crippen LogP contribution >= 0.6 is 11.8 Å². The lowest BCUT2D eigenvalue weighted by Gasteiger charge is -2.24. The van der Waals surface area contributed by atoms with Crippen LogP contribution in [0.4, 0.5) is 0 Å². The maximum Gasteiger partial charge on any atom is 0.326 e. The number of aliphatic hydroxyl groups excluding tert-OH is 1. The second kappa shape index (κ2) is 18.7. The number of aliphatic imine (C=N–C) groups is 1. The number of nitrogens with two attached hydrogens (primary N) is 4. The van der Waals surface area contributed by atoms with E-state index in [-0.39, 0.29) is 25.2 Å². The second-order valence-corrected chi connectivity index (χ2v) is 8.81. The number of carbonyl (C=O) groups excluding carboxylic acids is 3. The van der Waals surface area contributed by atoms with E-state index in [1.54, 1.807) is 0 Å². The molecule has 0 saturated heterocycles. The van der Waals surface area contributed by atoms with Crippen molar-refractivity contribution in [2.24, 2.45) is 27.9 Å². The van der Waals surface area contributed by atoms with Gasteiger partial charge in [-0.15, -0.1) is 0 Å². The largest absolute Gasteiger partial charge is 0.480 e. The van der Waals surface area contributed by atoms with Crippen LogP contribution in [0, 0.1) is 0 Å². The molecule has 0 aliphatic carbocycles. The summed E-state index contributed by atoms with van der Waals surface area (Å²) >= 11 is 1.45. The molecule has 4 unspecified atom stereocenters. The standard InChI is InChI=1S/C20H40N8O6S/c1-35-10-7-13(26-16(30)12(22)5-4-9-25-20(23)24)17(31)28-15(11-29)18(32)27-14(19(33)34)6-2-3-8-21/h12-15,29H,2-11,21-22H2,1H3,(H,26,30)(H,27,32)(H,28,31)(H,33,34)(H4,23,24,25). The number of carboxylic acid groups (broad SMARTS) is 1. The first-order valence-corrected chi connectivity index (χ1v) is 12.7. The van der Waals surface area contributed by atoms with E-state index in [2.05, 4.69) is 20.9 Å². The average molecular weight is 521 g/mol. The van der Waals surface area contributed by atoms with Crippen LogP contribution in [-0.4, -0.2) is 95.7 Å². The molecule has 0 aliphatic rings. The van der Waals surface area contributed by atoms with Crippen molar-refractivity contribution in [1.29, 1.82) is 0 Å². The Balaban J connectivity index is 5.08. The molecule has 0 fully saturated rings. The molecule has 13 N–H and O–H groups in total. The average Bonchev–Trinajstić information content (AvgIpc) is 2.81. The Morgan fingerprint density at radius 1 is 0.886 bits per heavy atom. The highest BCUT2D eigenvalue weighted by Gasteiger charge is 2.29. The number of nitrogens with zero attached hydrogens (tertiary/aromatic N) is 1. The number of unbranched alkanes of at least 4 members (excludes halogenated alkanes) is 1. The Morgan fingerprint density at radius 3 is 2.03 bits per heavy atom. The summed E-state index contributed by atoms with van der Waals surface area (Å²) in [5.74, 6) is -2.90. The first-order valence-electron chi connectivity index (χ1n) is 11.3. The van der Waals surface area contributed by atoms with E-state index in [9.17, 15) is 29.4 Å². The van der Waals surface area contributed by atoms with Crippen molar-refractivity contribution >= 4 is 41.4 Å². The van der Waals surface area contributed by atoms with Crippen molar-refractivity contribution < 1.29 is 29.4 Å². The fourth-order valence-corrected chi connectivity index (χ4v) is 3.39. The Labute approximate surface area is 209 Å². The smallest absolute Gasteiger partial charge is 0.326 e. The van der Waals surface area contributed by atoms with E-state index >= 15 is 0 Å². The molecule has 35 heavy (non-hydrogen) atoms. The molecule has 0 spiro atoms. The molecule has 0 rings (SSSR count). The van der Waals surface area contributed by atoms with Gasteiger partial charge in [0.2, 0.25) is 17.7 Å². The zero-order valence-electron chi connectivity index (χ0n) is 20.1. The second-order valence-electron chi connectivity index (χ2n) is 7.83. The number of thioether (sulfide) groups is 1. The zero-order chi connectivity index (χ0) is 26.8. The molecular weight excluding hydrogens is 480 g/mol. The number of aliphatic carboxylic acids is 1. The van der Waals surface area contributed by atoms with E-state index in [1.807, 2.05) is 6.26 Å². The molecule has 15 heteroatoms.